The first kappa shape index (κ1) is 18.4. The molecule has 0 saturated carbocycles. The maximum Gasteiger partial charge on any atom is 0.327 e. The molecule has 0 rings (SSSR count). The van der Waals surface area contributed by atoms with E-state index in [4.69, 9.17) is 9.66 Å². The topological polar surface area (TPSA) is 74.6 Å². The van der Waals surface area contributed by atoms with E-state index >= 15 is 0 Å². The Bertz CT molecular complexity index is 333. The highest BCUT2D eigenvalue weighted by atomic mass is 32.2. The van der Waals surface area contributed by atoms with Gasteiger partial charge in [-0.3, -0.25) is 4.55 Å². The van der Waals surface area contributed by atoms with Crippen LogP contribution in [0, 0.1) is 0 Å². The maximum atomic E-state index is 10.5. The second-order valence-corrected chi connectivity index (χ2v) is 6.36. The van der Waals surface area contributed by atoms with E-state index < -0.39 is 15.2 Å². The molecule has 0 aromatic carbocycles. The van der Waals surface area contributed by atoms with E-state index in [1.807, 2.05) is 0 Å². The van der Waals surface area contributed by atoms with E-state index in [2.05, 4.69) is 6.92 Å². The summed E-state index contributed by atoms with van der Waals surface area (Å²) in [7, 11) is -4.40. The van der Waals surface area contributed by atoms with Crippen molar-refractivity contribution >= 4 is 10.1 Å². The number of hydrogen-bond donors (Lipinski definition) is 2. The molecular formula is C14H28O4S. The molecule has 5 heteroatoms. The molecule has 0 unspecified atom stereocenters. The summed E-state index contributed by atoms with van der Waals surface area (Å²) in [6.07, 6.45) is 13.8. The van der Waals surface area contributed by atoms with Crippen LogP contribution in [0.25, 0.3) is 0 Å². The molecule has 0 aromatic rings. The van der Waals surface area contributed by atoms with Crippen molar-refractivity contribution in [2.75, 3.05) is 0 Å². The monoisotopic (exact) mass is 292 g/mol. The molecule has 0 aromatic heterocycles. The van der Waals surface area contributed by atoms with Gasteiger partial charge in [0.05, 0.1) is 0 Å². The summed E-state index contributed by atoms with van der Waals surface area (Å²) in [6.45, 7) is 2.22. The van der Waals surface area contributed by atoms with E-state index in [9.17, 15) is 8.42 Å². The second kappa shape index (κ2) is 11.3. The summed E-state index contributed by atoms with van der Waals surface area (Å²) in [5.41, 5.74) is 0. The molecule has 0 radical (unpaired) electrons. The number of unbranched alkanes of at least 4 members (excludes halogenated alkanes) is 10. The lowest BCUT2D eigenvalue weighted by Gasteiger charge is -2.01. The molecule has 4 nitrogen and oxygen atoms in total. The molecule has 114 valence electrons. The van der Waals surface area contributed by atoms with E-state index in [-0.39, 0.29) is 0 Å². The quantitative estimate of drug-likeness (QED) is 0.313. The molecule has 19 heavy (non-hydrogen) atoms. The molecule has 0 atom stereocenters. The zero-order chi connectivity index (χ0) is 14.6. The van der Waals surface area contributed by atoms with Crippen LogP contribution < -0.4 is 0 Å². The van der Waals surface area contributed by atoms with E-state index in [0.29, 0.717) is 6.42 Å². The predicted molar refractivity (Wildman–Crippen MR) is 78.7 cm³/mol. The Kier molecular flexibility index (Phi) is 11.0. The molecule has 0 saturated heterocycles. The number of aliphatic hydroxyl groups is 1. The van der Waals surface area contributed by atoms with Crippen molar-refractivity contribution in [3.63, 3.8) is 0 Å². The van der Waals surface area contributed by atoms with E-state index in [1.165, 1.54) is 51.0 Å². The van der Waals surface area contributed by atoms with Crippen LogP contribution in [0.15, 0.2) is 11.2 Å². The number of rotatable bonds is 12. The summed E-state index contributed by atoms with van der Waals surface area (Å²) in [5.74, 6) is 0. The fourth-order valence-corrected chi connectivity index (χ4v) is 2.29. The Morgan fingerprint density at radius 3 is 1.74 bits per heavy atom. The normalized spacial score (nSPS) is 12.8. The second-order valence-electron chi connectivity index (χ2n) is 4.99. The predicted octanol–water partition coefficient (Wildman–Crippen LogP) is 4.58. The van der Waals surface area contributed by atoms with Crippen LogP contribution >= 0.6 is 0 Å². The number of aliphatic hydroxyl groups excluding tert-OH is 1. The zero-order valence-electron chi connectivity index (χ0n) is 12.0. The van der Waals surface area contributed by atoms with Gasteiger partial charge in [-0.05, 0) is 18.9 Å². The summed E-state index contributed by atoms with van der Waals surface area (Å²) in [4.78, 5) is 0. The standard InChI is InChI=1S/C14H28O4S/c1-2-3-4-5-6-7-8-9-10-11-12-13-14(15)19(16,17)18/h13,15H,2-12H2,1H3,(H,16,17,18). The molecular weight excluding hydrogens is 264 g/mol. The lowest BCUT2D eigenvalue weighted by atomic mass is 10.1. The molecule has 0 heterocycles. The fourth-order valence-electron chi connectivity index (χ4n) is 1.96. The minimum atomic E-state index is -4.40. The van der Waals surface area contributed by atoms with Gasteiger partial charge in [0.2, 0.25) is 5.09 Å². The van der Waals surface area contributed by atoms with Gasteiger partial charge in [0.25, 0.3) is 0 Å². The first-order chi connectivity index (χ1) is 8.98. The summed E-state index contributed by atoms with van der Waals surface area (Å²) in [5, 5.41) is 8.02. The summed E-state index contributed by atoms with van der Waals surface area (Å²) in [6, 6.07) is 0. The highest BCUT2D eigenvalue weighted by Gasteiger charge is 2.09. The molecule has 0 fully saturated rings. The Morgan fingerprint density at radius 2 is 1.32 bits per heavy atom. The van der Waals surface area contributed by atoms with Crippen molar-refractivity contribution in [1.29, 1.82) is 0 Å². The summed E-state index contributed by atoms with van der Waals surface area (Å²) < 4.78 is 29.5. The van der Waals surface area contributed by atoms with Gasteiger partial charge < -0.3 is 5.11 Å². The molecule has 0 aliphatic heterocycles. The van der Waals surface area contributed by atoms with E-state index in [1.54, 1.807) is 0 Å². The number of allylic oxidation sites excluding steroid dienone is 1. The van der Waals surface area contributed by atoms with Crippen molar-refractivity contribution in [3.05, 3.63) is 11.2 Å². The molecule has 2 N–H and O–H groups in total. The smallest absolute Gasteiger partial charge is 0.327 e. The Hall–Kier alpha value is -0.550. The SMILES string of the molecule is CCCCCCCCCCCCC=C(O)S(=O)(=O)O. The van der Waals surface area contributed by atoms with Crippen LogP contribution in [-0.2, 0) is 10.1 Å². The minimum absolute atomic E-state index is 0.488. The van der Waals surface area contributed by atoms with Crippen LogP contribution in [-0.4, -0.2) is 18.1 Å². The van der Waals surface area contributed by atoms with Gasteiger partial charge in [-0.1, -0.05) is 64.7 Å². The Balaban J connectivity index is 3.33. The van der Waals surface area contributed by atoms with Crippen molar-refractivity contribution in [2.24, 2.45) is 0 Å². The van der Waals surface area contributed by atoms with Crippen LogP contribution in [0.4, 0.5) is 0 Å². The van der Waals surface area contributed by atoms with Gasteiger partial charge in [0, 0.05) is 0 Å². The molecule has 0 aliphatic carbocycles. The van der Waals surface area contributed by atoms with Crippen molar-refractivity contribution in [1.82, 2.24) is 0 Å². The lowest BCUT2D eigenvalue weighted by molar-refractivity contribution is 0.403. The van der Waals surface area contributed by atoms with Crippen LogP contribution in [0.2, 0.25) is 0 Å². The highest BCUT2D eigenvalue weighted by molar-refractivity contribution is 7.89. The molecule has 0 spiro atoms. The van der Waals surface area contributed by atoms with Crippen molar-refractivity contribution in [2.45, 2.75) is 77.6 Å². The van der Waals surface area contributed by atoms with Crippen LogP contribution in [0.3, 0.4) is 0 Å². The van der Waals surface area contributed by atoms with E-state index in [0.717, 1.165) is 19.3 Å². The van der Waals surface area contributed by atoms with Gasteiger partial charge in [0.15, 0.2) is 0 Å². The molecule has 0 amide bonds. The van der Waals surface area contributed by atoms with Crippen molar-refractivity contribution < 1.29 is 18.1 Å². The van der Waals surface area contributed by atoms with Gasteiger partial charge in [-0.15, -0.1) is 0 Å². The fraction of sp³-hybridized carbons (Fsp3) is 0.857. The van der Waals surface area contributed by atoms with Crippen LogP contribution in [0.1, 0.15) is 77.6 Å². The zero-order valence-corrected chi connectivity index (χ0v) is 12.8. The van der Waals surface area contributed by atoms with Gasteiger partial charge in [-0.25, -0.2) is 0 Å². The van der Waals surface area contributed by atoms with Gasteiger partial charge >= 0.3 is 10.1 Å². The first-order valence-electron chi connectivity index (χ1n) is 7.35. The van der Waals surface area contributed by atoms with Crippen molar-refractivity contribution in [3.8, 4) is 0 Å². The van der Waals surface area contributed by atoms with Gasteiger partial charge in [0.1, 0.15) is 0 Å². The van der Waals surface area contributed by atoms with Crippen LogP contribution in [0.5, 0.6) is 0 Å². The maximum absolute atomic E-state index is 10.5. The molecule has 0 aliphatic rings. The summed E-state index contributed by atoms with van der Waals surface area (Å²) >= 11 is 0. The highest BCUT2D eigenvalue weighted by Crippen LogP contribution is 2.12. The first-order valence-corrected chi connectivity index (χ1v) is 8.79. The third-order valence-corrected chi connectivity index (χ3v) is 3.84. The Morgan fingerprint density at radius 1 is 0.895 bits per heavy atom. The average molecular weight is 292 g/mol. The Labute approximate surface area is 117 Å². The third kappa shape index (κ3) is 12.2. The van der Waals surface area contributed by atoms with Gasteiger partial charge in [-0.2, -0.15) is 8.42 Å². The average Bonchev–Trinajstić information content (AvgIpc) is 2.34. The third-order valence-electron chi connectivity index (χ3n) is 3.14. The largest absolute Gasteiger partial charge is 0.497 e. The molecule has 0 bridgehead atoms. The lowest BCUT2D eigenvalue weighted by Crippen LogP contribution is -2.00. The number of hydrogen-bond acceptors (Lipinski definition) is 3. The minimum Gasteiger partial charge on any atom is -0.497 e.